The number of benzene rings is 1. The highest BCUT2D eigenvalue weighted by molar-refractivity contribution is 9.10. The number of hydrogen-bond acceptors (Lipinski definition) is 1. The van der Waals surface area contributed by atoms with E-state index in [9.17, 15) is 0 Å². The molecule has 0 aliphatic carbocycles. The zero-order chi connectivity index (χ0) is 11.0. The lowest BCUT2D eigenvalue weighted by Gasteiger charge is -2.03. The lowest BCUT2D eigenvalue weighted by molar-refractivity contribution is 0.863. The summed E-state index contributed by atoms with van der Waals surface area (Å²) in [7, 11) is 0. The Morgan fingerprint density at radius 3 is 2.60 bits per heavy atom. The third-order valence-corrected chi connectivity index (χ3v) is 3.28. The molecule has 2 aromatic rings. The number of aryl methyl sites for hydroxylation is 1. The van der Waals surface area contributed by atoms with Crippen LogP contribution in [0.25, 0.3) is 5.69 Å². The van der Waals surface area contributed by atoms with Crippen LogP contribution in [0.3, 0.4) is 0 Å². The Hall–Kier alpha value is -0.800. The predicted molar refractivity (Wildman–Crippen MR) is 65.7 cm³/mol. The van der Waals surface area contributed by atoms with Crippen LogP contribution in [0.1, 0.15) is 11.3 Å². The zero-order valence-electron chi connectivity index (χ0n) is 8.46. The van der Waals surface area contributed by atoms with E-state index in [0.717, 1.165) is 21.4 Å². The van der Waals surface area contributed by atoms with Crippen LogP contribution in [0.5, 0.6) is 0 Å². The average Bonchev–Trinajstić information content (AvgIpc) is 2.46. The summed E-state index contributed by atoms with van der Waals surface area (Å²) < 4.78 is 2.76. The minimum absolute atomic E-state index is 0.672. The van der Waals surface area contributed by atoms with Gasteiger partial charge in [-0.15, -0.1) is 0 Å². The van der Waals surface area contributed by atoms with E-state index in [4.69, 9.17) is 11.6 Å². The first-order chi connectivity index (χ1) is 7.09. The summed E-state index contributed by atoms with van der Waals surface area (Å²) in [6.45, 7) is 3.93. The van der Waals surface area contributed by atoms with Crippen LogP contribution in [-0.2, 0) is 0 Å². The molecule has 0 atom stereocenters. The van der Waals surface area contributed by atoms with Crippen molar-refractivity contribution in [1.82, 2.24) is 9.78 Å². The summed E-state index contributed by atoms with van der Waals surface area (Å²) in [6, 6.07) is 7.89. The highest BCUT2D eigenvalue weighted by atomic mass is 79.9. The number of nitrogens with zero attached hydrogens (tertiary/aromatic N) is 2. The number of halogens is 2. The van der Waals surface area contributed by atoms with Gasteiger partial charge in [-0.3, -0.25) is 0 Å². The van der Waals surface area contributed by atoms with E-state index in [-0.39, 0.29) is 0 Å². The Labute approximate surface area is 102 Å². The van der Waals surface area contributed by atoms with E-state index in [0.29, 0.717) is 5.15 Å². The number of rotatable bonds is 1. The molecular weight excluding hydrogens is 275 g/mol. The SMILES string of the molecule is Cc1nn(-c2cccc(Br)c2)c(Cl)c1C. The highest BCUT2D eigenvalue weighted by Gasteiger charge is 2.10. The molecule has 0 bridgehead atoms. The van der Waals surface area contributed by atoms with Crippen LogP contribution in [0.4, 0.5) is 0 Å². The Bertz CT molecular complexity index is 505. The van der Waals surface area contributed by atoms with Crippen LogP contribution in [0.2, 0.25) is 5.15 Å². The maximum absolute atomic E-state index is 6.19. The molecule has 0 saturated carbocycles. The first-order valence-corrected chi connectivity index (χ1v) is 5.74. The molecule has 0 N–H and O–H groups in total. The summed E-state index contributed by atoms with van der Waals surface area (Å²) >= 11 is 9.61. The van der Waals surface area contributed by atoms with Gasteiger partial charge >= 0.3 is 0 Å². The van der Waals surface area contributed by atoms with Gasteiger partial charge in [-0.05, 0) is 32.0 Å². The van der Waals surface area contributed by atoms with E-state index in [2.05, 4.69) is 21.0 Å². The molecule has 0 amide bonds. The van der Waals surface area contributed by atoms with Gasteiger partial charge in [0.2, 0.25) is 0 Å². The lowest BCUT2D eigenvalue weighted by Crippen LogP contribution is -1.96. The predicted octanol–water partition coefficient (Wildman–Crippen LogP) is 3.91. The van der Waals surface area contributed by atoms with Crippen molar-refractivity contribution in [3.05, 3.63) is 45.1 Å². The quantitative estimate of drug-likeness (QED) is 0.777. The van der Waals surface area contributed by atoms with Crippen molar-refractivity contribution < 1.29 is 0 Å². The Kier molecular flexibility index (Phi) is 2.85. The second-order valence-electron chi connectivity index (χ2n) is 3.39. The summed E-state index contributed by atoms with van der Waals surface area (Å²) in [6.07, 6.45) is 0. The van der Waals surface area contributed by atoms with E-state index >= 15 is 0 Å². The molecule has 0 saturated heterocycles. The lowest BCUT2D eigenvalue weighted by atomic mass is 10.3. The highest BCUT2D eigenvalue weighted by Crippen LogP contribution is 2.23. The first-order valence-electron chi connectivity index (χ1n) is 4.57. The fraction of sp³-hybridized carbons (Fsp3) is 0.182. The van der Waals surface area contributed by atoms with Crippen molar-refractivity contribution >= 4 is 27.5 Å². The van der Waals surface area contributed by atoms with Gasteiger partial charge in [0.25, 0.3) is 0 Å². The second kappa shape index (κ2) is 3.99. The first kappa shape index (κ1) is 10.7. The Morgan fingerprint density at radius 2 is 2.07 bits per heavy atom. The topological polar surface area (TPSA) is 17.8 Å². The average molecular weight is 286 g/mol. The van der Waals surface area contributed by atoms with Gasteiger partial charge in [0, 0.05) is 10.0 Å². The van der Waals surface area contributed by atoms with Gasteiger partial charge in [0.15, 0.2) is 0 Å². The van der Waals surface area contributed by atoms with Crippen molar-refractivity contribution in [2.75, 3.05) is 0 Å². The van der Waals surface area contributed by atoms with Crippen molar-refractivity contribution in [1.29, 1.82) is 0 Å². The Balaban J connectivity index is 2.59. The van der Waals surface area contributed by atoms with Crippen LogP contribution in [0.15, 0.2) is 28.7 Å². The van der Waals surface area contributed by atoms with E-state index in [1.165, 1.54) is 0 Å². The number of aromatic nitrogens is 2. The van der Waals surface area contributed by atoms with E-state index in [1.807, 2.05) is 38.1 Å². The molecule has 0 radical (unpaired) electrons. The molecule has 2 nitrogen and oxygen atoms in total. The molecule has 15 heavy (non-hydrogen) atoms. The maximum atomic E-state index is 6.19. The molecule has 1 aromatic heterocycles. The minimum Gasteiger partial charge on any atom is -0.222 e. The van der Waals surface area contributed by atoms with E-state index < -0.39 is 0 Å². The molecule has 4 heteroatoms. The van der Waals surface area contributed by atoms with Gasteiger partial charge < -0.3 is 0 Å². The molecule has 0 unspecified atom stereocenters. The fourth-order valence-corrected chi connectivity index (χ4v) is 2.02. The summed E-state index contributed by atoms with van der Waals surface area (Å²) in [4.78, 5) is 0. The molecular formula is C11H10BrClN2. The van der Waals surface area contributed by atoms with Gasteiger partial charge in [-0.25, -0.2) is 4.68 Å². The molecule has 0 spiro atoms. The number of hydrogen-bond donors (Lipinski definition) is 0. The van der Waals surface area contributed by atoms with Crippen molar-refractivity contribution in [3.63, 3.8) is 0 Å². The third-order valence-electron chi connectivity index (χ3n) is 2.34. The molecule has 2 rings (SSSR count). The van der Waals surface area contributed by atoms with Gasteiger partial charge in [0.1, 0.15) is 5.15 Å². The largest absolute Gasteiger partial charge is 0.222 e. The van der Waals surface area contributed by atoms with Crippen molar-refractivity contribution in [2.24, 2.45) is 0 Å². The van der Waals surface area contributed by atoms with Gasteiger partial charge in [-0.2, -0.15) is 5.10 Å². The molecule has 0 aliphatic heterocycles. The van der Waals surface area contributed by atoms with Gasteiger partial charge in [-0.1, -0.05) is 33.6 Å². The molecule has 1 heterocycles. The monoisotopic (exact) mass is 284 g/mol. The molecule has 0 aliphatic rings. The third kappa shape index (κ3) is 1.94. The van der Waals surface area contributed by atoms with Crippen LogP contribution in [-0.4, -0.2) is 9.78 Å². The summed E-state index contributed by atoms with van der Waals surface area (Å²) in [5.41, 5.74) is 2.95. The van der Waals surface area contributed by atoms with Gasteiger partial charge in [0.05, 0.1) is 11.4 Å². The smallest absolute Gasteiger partial charge is 0.136 e. The van der Waals surface area contributed by atoms with Crippen LogP contribution >= 0.6 is 27.5 Å². The van der Waals surface area contributed by atoms with Crippen molar-refractivity contribution in [2.45, 2.75) is 13.8 Å². The van der Waals surface area contributed by atoms with Crippen LogP contribution in [0, 0.1) is 13.8 Å². The zero-order valence-corrected chi connectivity index (χ0v) is 10.8. The minimum atomic E-state index is 0.672. The van der Waals surface area contributed by atoms with Crippen LogP contribution < -0.4 is 0 Å². The summed E-state index contributed by atoms with van der Waals surface area (Å²) in [5, 5.41) is 5.06. The summed E-state index contributed by atoms with van der Waals surface area (Å²) in [5.74, 6) is 0. The standard InChI is InChI=1S/C11H10BrClN2/c1-7-8(2)14-15(11(7)13)10-5-3-4-9(12)6-10/h3-6H,1-2H3. The normalized spacial score (nSPS) is 10.7. The van der Waals surface area contributed by atoms with E-state index in [1.54, 1.807) is 4.68 Å². The molecule has 78 valence electrons. The molecule has 1 aromatic carbocycles. The second-order valence-corrected chi connectivity index (χ2v) is 4.67. The molecule has 0 fully saturated rings. The fourth-order valence-electron chi connectivity index (χ4n) is 1.36. The Morgan fingerprint density at radius 1 is 1.33 bits per heavy atom. The van der Waals surface area contributed by atoms with Crippen molar-refractivity contribution in [3.8, 4) is 5.69 Å². The maximum Gasteiger partial charge on any atom is 0.136 e.